The van der Waals surface area contributed by atoms with Crippen LogP contribution in [-0.2, 0) is 24.2 Å². The van der Waals surface area contributed by atoms with E-state index in [1.54, 1.807) is 0 Å². The molecule has 0 unspecified atom stereocenters. The van der Waals surface area contributed by atoms with Crippen LogP contribution in [0.25, 0.3) is 5.52 Å². The van der Waals surface area contributed by atoms with Gasteiger partial charge in [-0.3, -0.25) is 4.79 Å². The van der Waals surface area contributed by atoms with Gasteiger partial charge in [0.25, 0.3) is 0 Å². The predicted molar refractivity (Wildman–Crippen MR) is 136 cm³/mol. The third-order valence-electron chi connectivity index (χ3n) is 7.44. The van der Waals surface area contributed by atoms with Gasteiger partial charge in [-0.1, -0.05) is 69.9 Å². The molecule has 3 heteroatoms. The van der Waals surface area contributed by atoms with Crippen LogP contribution in [-0.4, -0.2) is 10.2 Å². The van der Waals surface area contributed by atoms with Crippen molar-refractivity contribution in [3.05, 3.63) is 71.5 Å². The first-order chi connectivity index (χ1) is 16.2. The predicted octanol–water partition coefficient (Wildman–Crippen LogP) is 7.58. The Morgan fingerprint density at radius 1 is 1.00 bits per heavy atom. The van der Waals surface area contributed by atoms with Gasteiger partial charge < -0.3 is 9.14 Å². The second-order valence-electron chi connectivity index (χ2n) is 9.73. The molecule has 0 spiro atoms. The SMILES string of the molecule is CCCCCC1CCC(C(=O)Cc2c(CC)cc3c(OCc4ccccc4)cccn23)CC1. The number of fused-ring (bicyclic) bond motifs is 1. The van der Waals surface area contributed by atoms with E-state index in [2.05, 4.69) is 42.6 Å². The lowest BCUT2D eigenvalue weighted by molar-refractivity contribution is -0.123. The van der Waals surface area contributed by atoms with Crippen LogP contribution in [0.5, 0.6) is 5.75 Å². The number of aryl methyl sites for hydroxylation is 1. The number of rotatable bonds is 11. The van der Waals surface area contributed by atoms with E-state index in [9.17, 15) is 4.79 Å². The molecule has 1 aromatic carbocycles. The first-order valence-electron chi connectivity index (χ1n) is 13.0. The first kappa shape index (κ1) is 23.6. The number of ketones is 1. The molecule has 0 bridgehead atoms. The Balaban J connectivity index is 1.43. The van der Waals surface area contributed by atoms with E-state index in [0.717, 1.165) is 47.7 Å². The molecule has 1 saturated carbocycles. The topological polar surface area (TPSA) is 30.7 Å². The molecule has 0 saturated heterocycles. The second kappa shape index (κ2) is 11.5. The molecule has 3 nitrogen and oxygen atoms in total. The van der Waals surface area contributed by atoms with Crippen molar-refractivity contribution >= 4 is 11.3 Å². The lowest BCUT2D eigenvalue weighted by Gasteiger charge is -2.27. The minimum atomic E-state index is 0.236. The Morgan fingerprint density at radius 2 is 1.79 bits per heavy atom. The fourth-order valence-electron chi connectivity index (χ4n) is 5.41. The van der Waals surface area contributed by atoms with Crippen molar-refractivity contribution in [2.45, 2.75) is 84.7 Å². The van der Waals surface area contributed by atoms with Gasteiger partial charge in [-0.05, 0) is 67.3 Å². The summed E-state index contributed by atoms with van der Waals surface area (Å²) in [6.07, 6.45) is 13.5. The molecule has 1 aliphatic carbocycles. The van der Waals surface area contributed by atoms with Crippen molar-refractivity contribution in [1.29, 1.82) is 0 Å². The summed E-state index contributed by atoms with van der Waals surface area (Å²) in [4.78, 5) is 13.3. The summed E-state index contributed by atoms with van der Waals surface area (Å²) >= 11 is 0. The van der Waals surface area contributed by atoms with Crippen LogP contribution < -0.4 is 4.74 Å². The molecule has 0 aliphatic heterocycles. The summed E-state index contributed by atoms with van der Waals surface area (Å²) < 4.78 is 8.37. The highest BCUT2D eigenvalue weighted by Gasteiger charge is 2.27. The molecule has 2 heterocycles. The summed E-state index contributed by atoms with van der Waals surface area (Å²) in [5.74, 6) is 2.38. The molecular weight excluding hydrogens is 406 g/mol. The fourth-order valence-corrected chi connectivity index (χ4v) is 5.41. The van der Waals surface area contributed by atoms with Crippen molar-refractivity contribution in [2.75, 3.05) is 0 Å². The molecule has 1 aliphatic rings. The maximum absolute atomic E-state index is 13.3. The molecule has 4 rings (SSSR count). The lowest BCUT2D eigenvalue weighted by atomic mass is 9.77. The van der Waals surface area contributed by atoms with Gasteiger partial charge in [-0.25, -0.2) is 0 Å². The van der Waals surface area contributed by atoms with Crippen LogP contribution in [0.15, 0.2) is 54.7 Å². The van der Waals surface area contributed by atoms with Gasteiger partial charge in [0, 0.05) is 24.2 Å². The van der Waals surface area contributed by atoms with Crippen molar-refractivity contribution in [3.8, 4) is 5.75 Å². The van der Waals surface area contributed by atoms with Gasteiger partial charge in [-0.2, -0.15) is 0 Å². The summed E-state index contributed by atoms with van der Waals surface area (Å²) in [6, 6.07) is 16.5. The molecule has 33 heavy (non-hydrogen) atoms. The average Bonchev–Trinajstić information content (AvgIpc) is 3.22. The maximum atomic E-state index is 13.3. The highest BCUT2D eigenvalue weighted by molar-refractivity contribution is 5.84. The van der Waals surface area contributed by atoms with Gasteiger partial charge in [0.15, 0.2) is 0 Å². The zero-order chi connectivity index (χ0) is 23.0. The van der Waals surface area contributed by atoms with Gasteiger partial charge in [0.2, 0.25) is 0 Å². The molecule has 2 aromatic heterocycles. The fraction of sp³-hybridized carbons (Fsp3) is 0.500. The highest BCUT2D eigenvalue weighted by atomic mass is 16.5. The average molecular weight is 446 g/mol. The van der Waals surface area contributed by atoms with Gasteiger partial charge >= 0.3 is 0 Å². The number of benzene rings is 1. The van der Waals surface area contributed by atoms with E-state index < -0.39 is 0 Å². The van der Waals surface area contributed by atoms with Crippen LogP contribution in [0, 0.1) is 11.8 Å². The standard InChI is InChI=1S/C30H39NO2/c1-3-5-7-11-23-15-17-26(18-16-23)29(32)21-27-25(4-2)20-28-30(14-10-19-31(27)28)33-22-24-12-8-6-9-13-24/h6,8-10,12-14,19-20,23,26H,3-5,7,11,15-18,21-22H2,1-2H3. The second-order valence-corrected chi connectivity index (χ2v) is 9.73. The molecular formula is C30H39NO2. The number of hydrogen-bond acceptors (Lipinski definition) is 2. The molecule has 0 atom stereocenters. The Hall–Kier alpha value is -2.55. The van der Waals surface area contributed by atoms with Crippen molar-refractivity contribution in [1.82, 2.24) is 4.40 Å². The van der Waals surface area contributed by atoms with Crippen LogP contribution in [0.4, 0.5) is 0 Å². The Morgan fingerprint density at radius 3 is 2.52 bits per heavy atom. The normalized spacial score (nSPS) is 18.5. The zero-order valence-electron chi connectivity index (χ0n) is 20.4. The van der Waals surface area contributed by atoms with Crippen molar-refractivity contribution < 1.29 is 9.53 Å². The number of aromatic nitrogens is 1. The molecule has 0 amide bonds. The van der Waals surface area contributed by atoms with E-state index >= 15 is 0 Å². The molecule has 1 fully saturated rings. The summed E-state index contributed by atoms with van der Waals surface area (Å²) in [7, 11) is 0. The maximum Gasteiger partial charge on any atom is 0.143 e. The lowest BCUT2D eigenvalue weighted by Crippen LogP contribution is -2.24. The van der Waals surface area contributed by atoms with E-state index in [1.807, 2.05) is 30.3 Å². The van der Waals surface area contributed by atoms with Crippen molar-refractivity contribution in [3.63, 3.8) is 0 Å². The molecule has 0 radical (unpaired) electrons. The van der Waals surface area contributed by atoms with E-state index in [0.29, 0.717) is 18.8 Å². The first-order valence-corrected chi connectivity index (χ1v) is 13.0. The zero-order valence-corrected chi connectivity index (χ0v) is 20.4. The Kier molecular flexibility index (Phi) is 8.25. The summed E-state index contributed by atoms with van der Waals surface area (Å²) in [6.45, 7) is 4.99. The highest BCUT2D eigenvalue weighted by Crippen LogP contribution is 2.34. The van der Waals surface area contributed by atoms with Gasteiger partial charge in [0.05, 0.1) is 5.52 Å². The number of pyridine rings is 1. The number of ether oxygens (including phenoxy) is 1. The number of carbonyl (C=O) groups is 1. The van der Waals surface area contributed by atoms with Crippen LogP contribution >= 0.6 is 0 Å². The minimum absolute atomic E-state index is 0.236. The van der Waals surface area contributed by atoms with Crippen LogP contribution in [0.1, 0.15) is 82.0 Å². The number of carbonyl (C=O) groups excluding carboxylic acids is 1. The van der Waals surface area contributed by atoms with E-state index in [1.165, 1.54) is 44.1 Å². The summed E-state index contributed by atoms with van der Waals surface area (Å²) in [5.41, 5.74) is 4.62. The van der Waals surface area contributed by atoms with Gasteiger partial charge in [-0.15, -0.1) is 0 Å². The molecule has 3 aromatic rings. The minimum Gasteiger partial charge on any atom is -0.487 e. The molecule has 176 valence electrons. The van der Waals surface area contributed by atoms with Crippen molar-refractivity contribution in [2.24, 2.45) is 11.8 Å². The van der Waals surface area contributed by atoms with Crippen LogP contribution in [0.3, 0.4) is 0 Å². The number of unbranched alkanes of at least 4 members (excludes halogenated alkanes) is 2. The molecule has 0 N–H and O–H groups in total. The van der Waals surface area contributed by atoms with Gasteiger partial charge in [0.1, 0.15) is 18.1 Å². The van der Waals surface area contributed by atoms with E-state index in [4.69, 9.17) is 4.74 Å². The van der Waals surface area contributed by atoms with E-state index in [-0.39, 0.29) is 5.92 Å². The smallest absolute Gasteiger partial charge is 0.143 e. The quantitative estimate of drug-likeness (QED) is 0.285. The Labute approximate surface area is 199 Å². The van der Waals surface area contributed by atoms with Crippen LogP contribution in [0.2, 0.25) is 0 Å². The number of Topliss-reactive ketones (excluding diaryl/α,β-unsaturated/α-hetero) is 1. The largest absolute Gasteiger partial charge is 0.487 e. The number of nitrogens with zero attached hydrogens (tertiary/aromatic N) is 1. The number of hydrogen-bond donors (Lipinski definition) is 0. The summed E-state index contributed by atoms with van der Waals surface area (Å²) in [5, 5.41) is 0. The third-order valence-corrected chi connectivity index (χ3v) is 7.44. The Bertz CT molecular complexity index is 1030. The third kappa shape index (κ3) is 5.88. The monoisotopic (exact) mass is 445 g/mol.